The fourth-order valence-corrected chi connectivity index (χ4v) is 3.89. The second-order valence-corrected chi connectivity index (χ2v) is 8.07. The molecule has 0 aliphatic rings. The Balaban J connectivity index is 1.68. The molecule has 0 aliphatic carbocycles. The molecule has 0 heterocycles. The van der Waals surface area contributed by atoms with E-state index in [1.54, 1.807) is 12.1 Å². The quantitative estimate of drug-likeness (QED) is 0.153. The molecule has 4 aromatic carbocycles. The molecular weight excluding hydrogens is 446 g/mol. The van der Waals surface area contributed by atoms with Crippen LogP contribution in [-0.2, 0) is 0 Å². The number of nitrogens with two attached hydrogens (primary N) is 1. The Hall–Kier alpha value is -4.69. The van der Waals surface area contributed by atoms with Crippen molar-refractivity contribution in [3.8, 4) is 17.6 Å². The van der Waals surface area contributed by atoms with E-state index in [4.69, 9.17) is 15.2 Å². The largest absolute Gasteiger partial charge is 0.494 e. The number of benzene rings is 4. The predicted molar refractivity (Wildman–Crippen MR) is 148 cm³/mol. The molecule has 0 fully saturated rings. The second kappa shape index (κ2) is 11.6. The van der Waals surface area contributed by atoms with Crippen LogP contribution in [0.1, 0.15) is 25.0 Å². The van der Waals surface area contributed by atoms with Crippen LogP contribution in [0.4, 0.5) is 22.7 Å². The van der Waals surface area contributed by atoms with Crippen molar-refractivity contribution in [2.75, 3.05) is 23.8 Å². The Kier molecular flexibility index (Phi) is 7.90. The normalized spacial score (nSPS) is 11.0. The maximum atomic E-state index is 9.69. The Bertz CT molecular complexity index is 1290. The van der Waals surface area contributed by atoms with Crippen LogP contribution >= 0.6 is 0 Å². The third-order valence-electron chi connectivity index (χ3n) is 5.62. The average Bonchev–Trinajstić information content (AvgIpc) is 2.91. The number of hydrogen-bond donors (Lipinski definition) is 1. The SMILES string of the molecule is CCOc1ccc(N(c2ccc(/C=C(\C#N)c3ccc(N)cc3)cc2)c2ccc(OCC)cc2)cc1. The molecule has 4 rings (SSSR count). The molecule has 0 aliphatic heterocycles. The first-order valence-electron chi connectivity index (χ1n) is 11.9. The van der Waals surface area contributed by atoms with Crippen molar-refractivity contribution in [1.82, 2.24) is 0 Å². The van der Waals surface area contributed by atoms with E-state index in [1.807, 2.05) is 92.7 Å². The highest BCUT2D eigenvalue weighted by atomic mass is 16.5. The molecule has 180 valence electrons. The molecule has 0 atom stereocenters. The zero-order valence-electron chi connectivity index (χ0n) is 20.5. The topological polar surface area (TPSA) is 71.5 Å². The zero-order valence-corrected chi connectivity index (χ0v) is 20.5. The first-order valence-corrected chi connectivity index (χ1v) is 11.9. The predicted octanol–water partition coefficient (Wildman–Crippen LogP) is 7.60. The lowest BCUT2D eigenvalue weighted by Gasteiger charge is -2.26. The van der Waals surface area contributed by atoms with Crippen LogP contribution in [0.15, 0.2) is 97.1 Å². The van der Waals surface area contributed by atoms with Crippen molar-refractivity contribution in [1.29, 1.82) is 5.26 Å². The van der Waals surface area contributed by atoms with Crippen molar-refractivity contribution in [2.45, 2.75) is 13.8 Å². The van der Waals surface area contributed by atoms with Crippen LogP contribution in [-0.4, -0.2) is 13.2 Å². The van der Waals surface area contributed by atoms with Crippen LogP contribution < -0.4 is 20.1 Å². The summed E-state index contributed by atoms with van der Waals surface area (Å²) in [5, 5.41) is 9.69. The van der Waals surface area contributed by atoms with Crippen LogP contribution in [0.3, 0.4) is 0 Å². The van der Waals surface area contributed by atoms with Gasteiger partial charge >= 0.3 is 0 Å². The lowest BCUT2D eigenvalue weighted by Crippen LogP contribution is -2.10. The molecular formula is C31H29N3O2. The van der Waals surface area contributed by atoms with Gasteiger partial charge in [-0.3, -0.25) is 0 Å². The summed E-state index contributed by atoms with van der Waals surface area (Å²) in [6.07, 6.45) is 1.88. The Morgan fingerprint density at radius 3 is 1.58 bits per heavy atom. The van der Waals surface area contributed by atoms with E-state index >= 15 is 0 Å². The van der Waals surface area contributed by atoms with Crippen LogP contribution in [0.25, 0.3) is 11.6 Å². The van der Waals surface area contributed by atoms with E-state index in [9.17, 15) is 5.26 Å². The summed E-state index contributed by atoms with van der Waals surface area (Å²) in [5.74, 6) is 1.67. The summed E-state index contributed by atoms with van der Waals surface area (Å²) < 4.78 is 11.3. The van der Waals surface area contributed by atoms with Crippen molar-refractivity contribution in [3.05, 3.63) is 108 Å². The molecule has 0 radical (unpaired) electrons. The highest BCUT2D eigenvalue weighted by molar-refractivity contribution is 5.90. The molecule has 5 nitrogen and oxygen atoms in total. The standard InChI is InChI=1S/C31H29N3O2/c1-3-35-30-17-13-28(14-18-30)34(29-15-19-31(20-16-29)36-4-2)27-11-5-23(6-12-27)21-25(22-32)24-7-9-26(33)10-8-24/h5-21H,3-4,33H2,1-2H3/b25-21+. The number of nitrogen functional groups attached to an aromatic ring is 1. The summed E-state index contributed by atoms with van der Waals surface area (Å²) in [6, 6.07) is 33.8. The van der Waals surface area contributed by atoms with E-state index < -0.39 is 0 Å². The van der Waals surface area contributed by atoms with Gasteiger partial charge in [0.1, 0.15) is 11.5 Å². The molecule has 0 saturated carbocycles. The highest BCUT2D eigenvalue weighted by Gasteiger charge is 2.13. The summed E-state index contributed by atoms with van der Waals surface area (Å²) >= 11 is 0. The summed E-state index contributed by atoms with van der Waals surface area (Å²) in [6.45, 7) is 5.19. The minimum absolute atomic E-state index is 0.581. The molecule has 0 unspecified atom stereocenters. The monoisotopic (exact) mass is 475 g/mol. The molecule has 0 aromatic heterocycles. The maximum Gasteiger partial charge on any atom is 0.119 e. The van der Waals surface area contributed by atoms with E-state index in [1.165, 1.54) is 0 Å². The van der Waals surface area contributed by atoms with Gasteiger partial charge in [-0.2, -0.15) is 5.26 Å². The van der Waals surface area contributed by atoms with Crippen molar-refractivity contribution in [2.24, 2.45) is 0 Å². The van der Waals surface area contributed by atoms with Crippen LogP contribution in [0, 0.1) is 11.3 Å². The fraction of sp³-hybridized carbons (Fsp3) is 0.129. The second-order valence-electron chi connectivity index (χ2n) is 8.07. The number of allylic oxidation sites excluding steroid dienone is 1. The minimum atomic E-state index is 0.581. The summed E-state index contributed by atoms with van der Waals surface area (Å²) in [4.78, 5) is 2.17. The van der Waals surface area contributed by atoms with E-state index in [-0.39, 0.29) is 0 Å². The molecule has 0 saturated heterocycles. The number of anilines is 4. The van der Waals surface area contributed by atoms with E-state index in [0.29, 0.717) is 24.5 Å². The number of nitriles is 1. The zero-order chi connectivity index (χ0) is 25.3. The fourth-order valence-electron chi connectivity index (χ4n) is 3.89. The lowest BCUT2D eigenvalue weighted by molar-refractivity contribution is 0.340. The number of rotatable bonds is 9. The molecule has 36 heavy (non-hydrogen) atoms. The molecule has 0 amide bonds. The van der Waals surface area contributed by atoms with E-state index in [2.05, 4.69) is 23.1 Å². The highest BCUT2D eigenvalue weighted by Crippen LogP contribution is 2.36. The Morgan fingerprint density at radius 2 is 1.17 bits per heavy atom. The van der Waals surface area contributed by atoms with Gasteiger partial charge in [-0.1, -0.05) is 24.3 Å². The van der Waals surface area contributed by atoms with Gasteiger partial charge in [-0.15, -0.1) is 0 Å². The maximum absolute atomic E-state index is 9.69. The summed E-state index contributed by atoms with van der Waals surface area (Å²) in [5.41, 5.74) is 11.8. The average molecular weight is 476 g/mol. The molecule has 0 bridgehead atoms. The lowest BCUT2D eigenvalue weighted by atomic mass is 10.0. The smallest absolute Gasteiger partial charge is 0.119 e. The van der Waals surface area contributed by atoms with Crippen molar-refractivity contribution >= 4 is 34.4 Å². The minimum Gasteiger partial charge on any atom is -0.494 e. The molecule has 4 aromatic rings. The van der Waals surface area contributed by atoms with Gasteiger partial charge < -0.3 is 20.1 Å². The van der Waals surface area contributed by atoms with Gasteiger partial charge in [0.25, 0.3) is 0 Å². The van der Waals surface area contributed by atoms with Crippen LogP contribution in [0.5, 0.6) is 11.5 Å². The molecule has 0 spiro atoms. The first kappa shape index (κ1) is 24.4. The van der Waals surface area contributed by atoms with Gasteiger partial charge in [0.15, 0.2) is 0 Å². The Labute approximate surface area is 212 Å². The number of hydrogen-bond acceptors (Lipinski definition) is 5. The van der Waals surface area contributed by atoms with E-state index in [0.717, 1.165) is 39.7 Å². The Morgan fingerprint density at radius 1 is 0.722 bits per heavy atom. The van der Waals surface area contributed by atoms with Gasteiger partial charge in [0.2, 0.25) is 0 Å². The van der Waals surface area contributed by atoms with Gasteiger partial charge in [0.05, 0.1) is 24.9 Å². The van der Waals surface area contributed by atoms with Crippen LogP contribution in [0.2, 0.25) is 0 Å². The van der Waals surface area contributed by atoms with Crippen molar-refractivity contribution < 1.29 is 9.47 Å². The number of ether oxygens (including phenoxy) is 2. The van der Waals surface area contributed by atoms with Gasteiger partial charge in [0, 0.05) is 22.7 Å². The third-order valence-corrected chi connectivity index (χ3v) is 5.62. The number of nitrogens with zero attached hydrogens (tertiary/aromatic N) is 2. The molecule has 5 heteroatoms. The van der Waals surface area contributed by atoms with Gasteiger partial charge in [-0.05, 0) is 104 Å². The third kappa shape index (κ3) is 5.86. The van der Waals surface area contributed by atoms with Gasteiger partial charge in [-0.25, -0.2) is 0 Å². The summed E-state index contributed by atoms with van der Waals surface area (Å²) in [7, 11) is 0. The molecule has 2 N–H and O–H groups in total. The van der Waals surface area contributed by atoms with Crippen molar-refractivity contribution in [3.63, 3.8) is 0 Å². The first-order chi connectivity index (χ1) is 17.6.